The lowest BCUT2D eigenvalue weighted by atomic mass is 10.2. The van der Waals surface area contributed by atoms with Crippen molar-refractivity contribution in [2.75, 3.05) is 0 Å². The van der Waals surface area contributed by atoms with E-state index in [9.17, 15) is 0 Å². The molecule has 0 saturated carbocycles. The lowest BCUT2D eigenvalue weighted by Crippen LogP contribution is -2.37. The molecule has 0 atom stereocenters. The summed E-state index contributed by atoms with van der Waals surface area (Å²) in [5.74, 6) is 0. The molecule has 4 rings (SSSR count). The van der Waals surface area contributed by atoms with Gasteiger partial charge in [0.25, 0.3) is 5.01 Å². The van der Waals surface area contributed by atoms with Crippen molar-refractivity contribution >= 4 is 29.2 Å². The number of nitrogens with zero attached hydrogens (tertiary/aromatic N) is 2. The highest BCUT2D eigenvalue weighted by Crippen LogP contribution is 2.35. The Bertz CT molecular complexity index is 1050. The monoisotopic (exact) mass is 417 g/mol. The zero-order valence-electron chi connectivity index (χ0n) is 16.8. The Hall–Kier alpha value is -2.56. The number of hydrogen-bond acceptors (Lipinski definition) is 3. The van der Waals surface area contributed by atoms with E-state index in [1.807, 2.05) is 0 Å². The van der Waals surface area contributed by atoms with E-state index in [1.54, 1.807) is 23.1 Å². The first-order valence-electron chi connectivity index (χ1n) is 9.76. The molecule has 4 heteroatoms. The molecule has 1 aliphatic heterocycles. The van der Waals surface area contributed by atoms with Crippen molar-refractivity contribution in [3.8, 4) is 0 Å². The topological polar surface area (TPSA) is 7.12 Å². The average Bonchev–Trinajstić information content (AvgIpc) is 3.27. The fraction of sp³-hybridized carbons (Fsp3) is 0.160. The normalized spacial score (nSPS) is 15.4. The van der Waals surface area contributed by atoms with Crippen molar-refractivity contribution in [1.82, 2.24) is 4.90 Å². The van der Waals surface area contributed by atoms with Crippen LogP contribution in [0.25, 0.3) is 6.08 Å². The van der Waals surface area contributed by atoms with Crippen LogP contribution in [0.4, 0.5) is 0 Å². The minimum Gasteiger partial charge on any atom is -0.335 e. The van der Waals surface area contributed by atoms with E-state index in [1.165, 1.54) is 32.6 Å². The van der Waals surface area contributed by atoms with Gasteiger partial charge in [0.05, 0.1) is 10.4 Å². The zero-order valence-corrected chi connectivity index (χ0v) is 18.4. The molecule has 0 bridgehead atoms. The number of benzene rings is 2. The highest BCUT2D eigenvalue weighted by atomic mass is 32.2. The molecule has 0 saturated heterocycles. The Morgan fingerprint density at radius 1 is 0.931 bits per heavy atom. The van der Waals surface area contributed by atoms with Crippen molar-refractivity contribution < 1.29 is 4.57 Å². The van der Waals surface area contributed by atoms with Gasteiger partial charge in [0, 0.05) is 30.8 Å². The van der Waals surface area contributed by atoms with Gasteiger partial charge >= 0.3 is 0 Å². The number of hydrogen-bond donors (Lipinski definition) is 0. The van der Waals surface area contributed by atoms with Gasteiger partial charge in [-0.1, -0.05) is 89.8 Å². The lowest BCUT2D eigenvalue weighted by molar-refractivity contribution is -0.691. The molecular formula is C25H25N2S2+. The minimum atomic E-state index is 0.905. The highest BCUT2D eigenvalue weighted by molar-refractivity contribution is 8.06. The van der Waals surface area contributed by atoms with Crippen LogP contribution in [-0.2, 0) is 13.1 Å². The van der Waals surface area contributed by atoms with Crippen LogP contribution in [0.3, 0.4) is 0 Å². The van der Waals surface area contributed by atoms with Gasteiger partial charge in [0.2, 0.25) is 0 Å². The van der Waals surface area contributed by atoms with Crippen molar-refractivity contribution in [3.63, 3.8) is 0 Å². The molecule has 0 fully saturated rings. The summed E-state index contributed by atoms with van der Waals surface area (Å²) >= 11 is 3.59. The number of aryl methyl sites for hydroxylation is 1. The largest absolute Gasteiger partial charge is 0.335 e. The summed E-state index contributed by atoms with van der Waals surface area (Å²) in [4.78, 5) is 2.38. The lowest BCUT2D eigenvalue weighted by Gasteiger charge is -2.21. The Labute approximate surface area is 181 Å². The van der Waals surface area contributed by atoms with E-state index in [2.05, 4.69) is 113 Å². The molecule has 1 aromatic heterocycles. The summed E-state index contributed by atoms with van der Waals surface area (Å²) in [6.45, 7) is 6.16. The zero-order chi connectivity index (χ0) is 20.1. The first kappa shape index (κ1) is 19.7. The number of thiazole rings is 1. The van der Waals surface area contributed by atoms with Crippen molar-refractivity contribution in [1.29, 1.82) is 0 Å². The van der Waals surface area contributed by atoms with Crippen molar-refractivity contribution in [2.24, 2.45) is 0 Å². The number of aromatic nitrogens is 1. The van der Waals surface area contributed by atoms with E-state index in [4.69, 9.17) is 0 Å². The van der Waals surface area contributed by atoms with E-state index in [0.717, 1.165) is 13.1 Å². The molecule has 0 radical (unpaired) electrons. The van der Waals surface area contributed by atoms with Gasteiger partial charge in [-0.25, -0.2) is 0 Å². The first-order valence-corrected chi connectivity index (χ1v) is 11.5. The molecule has 2 nitrogen and oxygen atoms in total. The summed E-state index contributed by atoms with van der Waals surface area (Å²) in [6, 6.07) is 21.3. The fourth-order valence-corrected chi connectivity index (χ4v) is 5.12. The molecule has 0 spiro atoms. The molecule has 0 unspecified atom stereocenters. The van der Waals surface area contributed by atoms with Crippen LogP contribution in [0.15, 0.2) is 94.3 Å². The van der Waals surface area contributed by atoms with Crippen LogP contribution >= 0.6 is 23.1 Å². The molecule has 1 aliphatic rings. The van der Waals surface area contributed by atoms with Crippen molar-refractivity contribution in [2.45, 2.75) is 26.9 Å². The highest BCUT2D eigenvalue weighted by Gasteiger charge is 2.18. The average molecular weight is 418 g/mol. The molecule has 0 aliphatic carbocycles. The van der Waals surface area contributed by atoms with Crippen molar-refractivity contribution in [3.05, 3.63) is 116 Å². The van der Waals surface area contributed by atoms with Gasteiger partial charge in [-0.3, -0.25) is 0 Å². The maximum Gasteiger partial charge on any atom is 0.262 e. The molecule has 29 heavy (non-hydrogen) atoms. The number of rotatable bonds is 6. The van der Waals surface area contributed by atoms with Crippen LogP contribution in [0.5, 0.6) is 0 Å². The van der Waals surface area contributed by atoms with E-state index in [0.29, 0.717) is 0 Å². The predicted octanol–water partition coefficient (Wildman–Crippen LogP) is 6.36. The Morgan fingerprint density at radius 2 is 1.62 bits per heavy atom. The standard InChI is InChI=1S/C25H25N2S2/c1-20-18-28-24(26(20)16-22-10-5-3-6-11-22)14-9-15-25-27(21(2)19-29-25)17-23-12-7-4-8-13-23/h3-15,18-19H,16-17H2,1-2H3/q+1. The number of thioether (sulfide) groups is 1. The third kappa shape index (κ3) is 4.89. The van der Waals surface area contributed by atoms with Gasteiger partial charge in [-0.05, 0) is 24.0 Å². The second kappa shape index (κ2) is 9.29. The smallest absolute Gasteiger partial charge is 0.262 e. The maximum absolute atomic E-state index is 2.38. The second-order valence-electron chi connectivity index (χ2n) is 7.10. The maximum atomic E-state index is 2.38. The summed E-state index contributed by atoms with van der Waals surface area (Å²) in [5, 5.41) is 7.00. The molecular weight excluding hydrogens is 392 g/mol. The summed E-state index contributed by atoms with van der Waals surface area (Å²) in [6.07, 6.45) is 6.63. The van der Waals surface area contributed by atoms with Gasteiger partial charge in [0.1, 0.15) is 0 Å². The molecule has 2 heterocycles. The van der Waals surface area contributed by atoms with Gasteiger partial charge in [-0.2, -0.15) is 4.57 Å². The van der Waals surface area contributed by atoms with Crippen LogP contribution in [0, 0.1) is 6.92 Å². The Kier molecular flexibility index (Phi) is 6.33. The molecule has 2 aromatic carbocycles. The number of allylic oxidation sites excluding steroid dienone is 3. The minimum absolute atomic E-state index is 0.905. The van der Waals surface area contributed by atoms with Crippen LogP contribution in [-0.4, -0.2) is 4.90 Å². The summed E-state index contributed by atoms with van der Waals surface area (Å²) < 4.78 is 2.38. The molecule has 0 N–H and O–H groups in total. The molecule has 0 amide bonds. The summed E-state index contributed by atoms with van der Waals surface area (Å²) in [7, 11) is 0. The Morgan fingerprint density at radius 3 is 2.34 bits per heavy atom. The predicted molar refractivity (Wildman–Crippen MR) is 125 cm³/mol. The third-order valence-corrected chi connectivity index (χ3v) is 7.04. The van der Waals surface area contributed by atoms with Crippen LogP contribution < -0.4 is 4.57 Å². The van der Waals surface area contributed by atoms with E-state index >= 15 is 0 Å². The van der Waals surface area contributed by atoms with Crippen LogP contribution in [0.1, 0.15) is 28.8 Å². The second-order valence-corrected chi connectivity index (χ2v) is 8.88. The van der Waals surface area contributed by atoms with Crippen LogP contribution in [0.2, 0.25) is 0 Å². The molecule has 3 aromatic rings. The first-order chi connectivity index (χ1) is 14.2. The molecule has 146 valence electrons. The Balaban J connectivity index is 1.50. The SMILES string of the molecule is CC1=CSC(=CC=Cc2scc(C)[n+]2Cc2ccccc2)N1Cc1ccccc1. The third-order valence-electron chi connectivity index (χ3n) is 4.93. The summed E-state index contributed by atoms with van der Waals surface area (Å²) in [5.41, 5.74) is 5.24. The van der Waals surface area contributed by atoms with Gasteiger partial charge in [0.15, 0.2) is 12.2 Å². The van der Waals surface area contributed by atoms with E-state index < -0.39 is 0 Å². The fourth-order valence-electron chi connectivity index (χ4n) is 3.30. The quantitative estimate of drug-likeness (QED) is 0.431. The van der Waals surface area contributed by atoms with E-state index in [-0.39, 0.29) is 0 Å². The van der Waals surface area contributed by atoms with Gasteiger partial charge < -0.3 is 4.90 Å². The van der Waals surface area contributed by atoms with Gasteiger partial charge in [-0.15, -0.1) is 0 Å².